The third-order valence-corrected chi connectivity index (χ3v) is 3.36. The Bertz CT molecular complexity index is 517. The van der Waals surface area contributed by atoms with E-state index < -0.39 is 0 Å². The molecule has 0 aliphatic carbocycles. The summed E-state index contributed by atoms with van der Waals surface area (Å²) in [5.41, 5.74) is 0.960. The molecule has 2 aromatic rings. The van der Waals surface area contributed by atoms with Crippen molar-refractivity contribution in [1.82, 2.24) is 20.2 Å². The van der Waals surface area contributed by atoms with E-state index in [4.69, 9.17) is 5.26 Å². The van der Waals surface area contributed by atoms with Gasteiger partial charge in [0.25, 0.3) is 0 Å². The maximum Gasteiger partial charge on any atom is 0.214 e. The molecule has 1 aromatic carbocycles. The second kappa shape index (κ2) is 6.77. The molecule has 0 N–H and O–H groups in total. The molecule has 0 atom stereocenters. The Kier molecular flexibility index (Phi) is 4.73. The number of hydrogen-bond donors (Lipinski definition) is 0. The Balaban J connectivity index is 1.95. The van der Waals surface area contributed by atoms with Crippen LogP contribution < -0.4 is 0 Å². The number of aromatic nitrogens is 4. The van der Waals surface area contributed by atoms with Crippen LogP contribution in [0.25, 0.3) is 5.69 Å². The van der Waals surface area contributed by atoms with Gasteiger partial charge in [0.15, 0.2) is 0 Å². The Labute approximate surface area is 110 Å². The summed E-state index contributed by atoms with van der Waals surface area (Å²) in [5.74, 6) is 0.925. The Morgan fingerprint density at radius 3 is 2.83 bits per heavy atom. The number of thioether (sulfide) groups is 1. The molecule has 92 valence electrons. The summed E-state index contributed by atoms with van der Waals surface area (Å²) < 4.78 is 1.73. The van der Waals surface area contributed by atoms with E-state index in [-0.39, 0.29) is 0 Å². The maximum absolute atomic E-state index is 8.45. The summed E-state index contributed by atoms with van der Waals surface area (Å²) >= 11 is 1.62. The zero-order valence-corrected chi connectivity index (χ0v) is 10.7. The third-order valence-electron chi connectivity index (χ3n) is 2.36. The largest absolute Gasteiger partial charge is 0.214 e. The molecule has 6 heteroatoms. The van der Waals surface area contributed by atoms with E-state index in [0.717, 1.165) is 29.4 Å². The lowest BCUT2D eigenvalue weighted by molar-refractivity contribution is 0.754. The fourth-order valence-corrected chi connectivity index (χ4v) is 2.36. The van der Waals surface area contributed by atoms with E-state index in [2.05, 4.69) is 21.6 Å². The lowest BCUT2D eigenvalue weighted by atomic mass is 10.3. The van der Waals surface area contributed by atoms with E-state index in [9.17, 15) is 0 Å². The summed E-state index contributed by atoms with van der Waals surface area (Å²) in [5, 5.41) is 20.9. The number of para-hydroxylation sites is 1. The van der Waals surface area contributed by atoms with Crippen LogP contribution in [0.4, 0.5) is 0 Å². The topological polar surface area (TPSA) is 67.4 Å². The Morgan fingerprint density at radius 2 is 2.06 bits per heavy atom. The highest BCUT2D eigenvalue weighted by Gasteiger charge is 2.07. The number of unbranched alkanes of at least 4 members (excludes halogenated alkanes) is 2. The van der Waals surface area contributed by atoms with Gasteiger partial charge in [0.2, 0.25) is 5.16 Å². The Morgan fingerprint density at radius 1 is 1.22 bits per heavy atom. The standard InChI is InChI=1S/C12H13N5S/c13-9-5-2-6-10-18-12-14-15-16-17(12)11-7-3-1-4-8-11/h1,3-4,7-8H,2,5-6,10H2. The average Bonchev–Trinajstić information content (AvgIpc) is 2.88. The summed E-state index contributed by atoms with van der Waals surface area (Å²) in [6, 6.07) is 12.0. The molecular weight excluding hydrogens is 246 g/mol. The SMILES string of the molecule is N#CCCCCSc1nnnn1-c1ccccc1. The third kappa shape index (κ3) is 3.31. The van der Waals surface area contributed by atoms with Crippen molar-refractivity contribution in [2.75, 3.05) is 5.75 Å². The highest BCUT2D eigenvalue weighted by Crippen LogP contribution is 2.19. The fraction of sp³-hybridized carbons (Fsp3) is 0.333. The van der Waals surface area contributed by atoms with Crippen LogP contribution in [0.2, 0.25) is 0 Å². The van der Waals surface area contributed by atoms with Gasteiger partial charge in [-0.2, -0.15) is 9.94 Å². The molecule has 2 rings (SSSR count). The molecule has 0 saturated heterocycles. The second-order valence-corrected chi connectivity index (χ2v) is 4.73. The zero-order chi connectivity index (χ0) is 12.6. The van der Waals surface area contributed by atoms with E-state index in [1.807, 2.05) is 30.3 Å². The summed E-state index contributed by atoms with van der Waals surface area (Å²) in [6.07, 6.45) is 2.54. The second-order valence-electron chi connectivity index (χ2n) is 3.67. The first kappa shape index (κ1) is 12.6. The van der Waals surface area contributed by atoms with Crippen molar-refractivity contribution in [3.8, 4) is 11.8 Å². The van der Waals surface area contributed by atoms with Crippen LogP contribution in [0.3, 0.4) is 0 Å². The van der Waals surface area contributed by atoms with Crippen molar-refractivity contribution in [2.45, 2.75) is 24.4 Å². The molecule has 0 saturated carbocycles. The highest BCUT2D eigenvalue weighted by atomic mass is 32.2. The van der Waals surface area contributed by atoms with Gasteiger partial charge in [-0.1, -0.05) is 30.0 Å². The first-order valence-electron chi connectivity index (χ1n) is 5.75. The monoisotopic (exact) mass is 259 g/mol. The molecule has 5 nitrogen and oxygen atoms in total. The molecule has 0 amide bonds. The minimum absolute atomic E-state index is 0.615. The number of rotatable bonds is 6. The number of nitriles is 1. The normalized spacial score (nSPS) is 10.2. The number of tetrazole rings is 1. The molecule has 18 heavy (non-hydrogen) atoms. The molecule has 0 spiro atoms. The number of benzene rings is 1. The lowest BCUT2D eigenvalue weighted by Crippen LogP contribution is -1.98. The van der Waals surface area contributed by atoms with E-state index >= 15 is 0 Å². The minimum Gasteiger partial charge on any atom is -0.198 e. The summed E-state index contributed by atoms with van der Waals surface area (Å²) in [4.78, 5) is 0. The van der Waals surface area contributed by atoms with Gasteiger partial charge in [-0.05, 0) is 35.4 Å². The maximum atomic E-state index is 8.45. The highest BCUT2D eigenvalue weighted by molar-refractivity contribution is 7.99. The summed E-state index contributed by atoms with van der Waals surface area (Å²) in [6.45, 7) is 0. The van der Waals surface area contributed by atoms with Crippen molar-refractivity contribution in [3.63, 3.8) is 0 Å². The number of nitrogens with zero attached hydrogens (tertiary/aromatic N) is 5. The molecular formula is C12H13N5S. The van der Waals surface area contributed by atoms with Crippen molar-refractivity contribution >= 4 is 11.8 Å². The van der Waals surface area contributed by atoms with Crippen molar-refractivity contribution < 1.29 is 0 Å². The molecule has 0 aliphatic rings. The summed E-state index contributed by atoms with van der Waals surface area (Å²) in [7, 11) is 0. The van der Waals surface area contributed by atoms with Crippen LogP contribution in [0.5, 0.6) is 0 Å². The van der Waals surface area contributed by atoms with Crippen molar-refractivity contribution in [2.24, 2.45) is 0 Å². The number of hydrogen-bond acceptors (Lipinski definition) is 5. The van der Waals surface area contributed by atoms with Gasteiger partial charge in [0.05, 0.1) is 11.8 Å². The first-order valence-corrected chi connectivity index (χ1v) is 6.74. The Hall–Kier alpha value is -1.87. The van der Waals surface area contributed by atoms with Crippen LogP contribution >= 0.6 is 11.8 Å². The fourth-order valence-electron chi connectivity index (χ4n) is 1.47. The molecule has 1 aromatic heterocycles. The van der Waals surface area contributed by atoms with E-state index in [1.165, 1.54) is 0 Å². The van der Waals surface area contributed by atoms with Crippen molar-refractivity contribution in [3.05, 3.63) is 30.3 Å². The van der Waals surface area contributed by atoms with Crippen molar-refractivity contribution in [1.29, 1.82) is 5.26 Å². The van der Waals surface area contributed by atoms with Gasteiger partial charge >= 0.3 is 0 Å². The predicted octanol–water partition coefficient (Wildman–Crippen LogP) is 2.45. The molecule has 0 unspecified atom stereocenters. The van der Waals surface area contributed by atoms with Gasteiger partial charge in [0.1, 0.15) is 0 Å². The molecule has 0 aliphatic heterocycles. The molecule has 0 fully saturated rings. The van der Waals surface area contributed by atoms with E-state index in [0.29, 0.717) is 6.42 Å². The molecule has 0 bridgehead atoms. The van der Waals surface area contributed by atoms with Gasteiger partial charge in [0, 0.05) is 12.2 Å². The zero-order valence-electron chi connectivity index (χ0n) is 9.86. The average molecular weight is 259 g/mol. The van der Waals surface area contributed by atoms with Gasteiger partial charge in [-0.25, -0.2) is 0 Å². The van der Waals surface area contributed by atoms with Gasteiger partial charge in [-0.15, -0.1) is 5.10 Å². The van der Waals surface area contributed by atoms with Crippen LogP contribution in [0, 0.1) is 11.3 Å². The lowest BCUT2D eigenvalue weighted by Gasteiger charge is -2.03. The van der Waals surface area contributed by atoms with Gasteiger partial charge in [-0.3, -0.25) is 0 Å². The van der Waals surface area contributed by atoms with Crippen LogP contribution in [0.15, 0.2) is 35.5 Å². The van der Waals surface area contributed by atoms with E-state index in [1.54, 1.807) is 16.4 Å². The molecule has 1 heterocycles. The minimum atomic E-state index is 0.615. The van der Waals surface area contributed by atoms with Crippen LogP contribution in [-0.2, 0) is 0 Å². The van der Waals surface area contributed by atoms with Crippen LogP contribution in [-0.4, -0.2) is 26.0 Å². The van der Waals surface area contributed by atoms with Crippen LogP contribution in [0.1, 0.15) is 19.3 Å². The quantitative estimate of drug-likeness (QED) is 0.589. The first-order chi connectivity index (χ1) is 8.92. The van der Waals surface area contributed by atoms with Gasteiger partial charge < -0.3 is 0 Å². The predicted molar refractivity (Wildman–Crippen MR) is 69.3 cm³/mol. The molecule has 0 radical (unpaired) electrons. The smallest absolute Gasteiger partial charge is 0.198 e.